The van der Waals surface area contributed by atoms with Gasteiger partial charge in [-0.1, -0.05) is 0 Å². The second kappa shape index (κ2) is 3.68. The van der Waals surface area contributed by atoms with Gasteiger partial charge in [0.25, 0.3) is 0 Å². The lowest BCUT2D eigenvalue weighted by Gasteiger charge is -2.26. The summed E-state index contributed by atoms with van der Waals surface area (Å²) in [4.78, 5) is 0. The Balaban J connectivity index is 2.14. The summed E-state index contributed by atoms with van der Waals surface area (Å²) in [6.07, 6.45) is -1.76. The SMILES string of the molecule is C[C@@H](O)C1[C@H]2OC(C)(C)O[C@H]2O[C@@H]1CO. The van der Waals surface area contributed by atoms with Gasteiger partial charge in [0, 0.05) is 5.92 Å². The van der Waals surface area contributed by atoms with Crippen molar-refractivity contribution in [3.8, 4) is 0 Å². The van der Waals surface area contributed by atoms with Crippen LogP contribution in [0, 0.1) is 5.92 Å². The zero-order valence-electron chi connectivity index (χ0n) is 9.21. The summed E-state index contributed by atoms with van der Waals surface area (Å²) >= 11 is 0. The molecule has 1 unspecified atom stereocenters. The van der Waals surface area contributed by atoms with Crippen molar-refractivity contribution < 1.29 is 24.4 Å². The topological polar surface area (TPSA) is 68.2 Å². The molecule has 0 amide bonds. The molecule has 2 fully saturated rings. The number of aliphatic hydroxyl groups excluding tert-OH is 2. The Hall–Kier alpha value is -0.200. The van der Waals surface area contributed by atoms with Gasteiger partial charge in [0.1, 0.15) is 6.10 Å². The number of aliphatic hydroxyl groups is 2. The van der Waals surface area contributed by atoms with Crippen LogP contribution in [0.15, 0.2) is 0 Å². The summed E-state index contributed by atoms with van der Waals surface area (Å²) < 4.78 is 16.7. The van der Waals surface area contributed by atoms with E-state index in [-0.39, 0.29) is 18.6 Å². The Bertz CT molecular complexity index is 240. The maximum Gasteiger partial charge on any atom is 0.188 e. The Morgan fingerprint density at radius 2 is 2.00 bits per heavy atom. The number of ether oxygens (including phenoxy) is 3. The van der Waals surface area contributed by atoms with Crippen LogP contribution >= 0.6 is 0 Å². The molecule has 0 aromatic rings. The Kier molecular flexibility index (Phi) is 2.77. The zero-order valence-corrected chi connectivity index (χ0v) is 9.21. The van der Waals surface area contributed by atoms with E-state index < -0.39 is 24.3 Å². The van der Waals surface area contributed by atoms with Gasteiger partial charge in [-0.2, -0.15) is 0 Å². The molecule has 0 saturated carbocycles. The van der Waals surface area contributed by atoms with Gasteiger partial charge in [0.2, 0.25) is 0 Å². The van der Waals surface area contributed by atoms with Crippen LogP contribution < -0.4 is 0 Å². The molecule has 2 heterocycles. The lowest BCUT2D eigenvalue weighted by molar-refractivity contribution is -0.217. The fourth-order valence-electron chi connectivity index (χ4n) is 2.35. The van der Waals surface area contributed by atoms with Crippen LogP contribution in [0.25, 0.3) is 0 Å². The van der Waals surface area contributed by atoms with Crippen LogP contribution in [0.3, 0.4) is 0 Å². The molecule has 2 saturated heterocycles. The highest BCUT2D eigenvalue weighted by Crippen LogP contribution is 2.41. The Labute approximate surface area is 88.9 Å². The number of hydrogen-bond acceptors (Lipinski definition) is 5. The molecule has 0 aromatic carbocycles. The lowest BCUT2D eigenvalue weighted by Crippen LogP contribution is -2.38. The molecule has 0 aromatic heterocycles. The first-order valence-electron chi connectivity index (χ1n) is 5.24. The molecule has 2 aliphatic heterocycles. The highest BCUT2D eigenvalue weighted by atomic mass is 16.8. The minimum Gasteiger partial charge on any atom is -0.394 e. The van der Waals surface area contributed by atoms with E-state index in [4.69, 9.17) is 19.3 Å². The molecule has 2 N–H and O–H groups in total. The van der Waals surface area contributed by atoms with Gasteiger partial charge in [-0.25, -0.2) is 0 Å². The maximum absolute atomic E-state index is 9.64. The average molecular weight is 218 g/mol. The average Bonchev–Trinajstić information content (AvgIpc) is 2.54. The number of fused-ring (bicyclic) bond motifs is 1. The van der Waals surface area contributed by atoms with E-state index in [2.05, 4.69) is 0 Å². The largest absolute Gasteiger partial charge is 0.394 e. The predicted molar refractivity (Wildman–Crippen MR) is 51.0 cm³/mol. The van der Waals surface area contributed by atoms with Crippen LogP contribution in [-0.2, 0) is 14.2 Å². The lowest BCUT2D eigenvalue weighted by atomic mass is 9.93. The van der Waals surface area contributed by atoms with Crippen LogP contribution in [0.4, 0.5) is 0 Å². The van der Waals surface area contributed by atoms with Crippen molar-refractivity contribution in [1.82, 2.24) is 0 Å². The fourth-order valence-corrected chi connectivity index (χ4v) is 2.35. The van der Waals surface area contributed by atoms with Crippen molar-refractivity contribution in [1.29, 1.82) is 0 Å². The first kappa shape index (κ1) is 11.3. The van der Waals surface area contributed by atoms with Crippen molar-refractivity contribution in [2.75, 3.05) is 6.61 Å². The zero-order chi connectivity index (χ0) is 11.2. The molecule has 0 spiro atoms. The Morgan fingerprint density at radius 3 is 2.53 bits per heavy atom. The van der Waals surface area contributed by atoms with Crippen molar-refractivity contribution in [2.45, 2.75) is 51.2 Å². The summed E-state index contributed by atoms with van der Waals surface area (Å²) in [6.45, 7) is 5.16. The van der Waals surface area contributed by atoms with Crippen molar-refractivity contribution in [2.24, 2.45) is 5.92 Å². The van der Waals surface area contributed by atoms with E-state index in [0.717, 1.165) is 0 Å². The molecule has 15 heavy (non-hydrogen) atoms. The maximum atomic E-state index is 9.64. The third-order valence-electron chi connectivity index (χ3n) is 2.94. The van der Waals surface area contributed by atoms with Crippen molar-refractivity contribution in [3.63, 3.8) is 0 Å². The first-order valence-corrected chi connectivity index (χ1v) is 5.24. The fraction of sp³-hybridized carbons (Fsp3) is 1.00. The van der Waals surface area contributed by atoms with E-state index >= 15 is 0 Å². The molecule has 88 valence electrons. The minimum atomic E-state index is -0.678. The molecule has 2 aliphatic rings. The molecule has 2 rings (SSSR count). The van der Waals surface area contributed by atoms with Gasteiger partial charge in [-0.05, 0) is 20.8 Å². The quantitative estimate of drug-likeness (QED) is 0.674. The van der Waals surface area contributed by atoms with Gasteiger partial charge in [0.05, 0.1) is 18.8 Å². The van der Waals surface area contributed by atoms with Crippen molar-refractivity contribution in [3.05, 3.63) is 0 Å². The summed E-state index contributed by atoms with van der Waals surface area (Å²) in [5, 5.41) is 18.8. The van der Waals surface area contributed by atoms with Crippen LogP contribution in [-0.4, -0.2) is 47.2 Å². The summed E-state index contributed by atoms with van der Waals surface area (Å²) in [5.41, 5.74) is 0. The summed E-state index contributed by atoms with van der Waals surface area (Å²) in [7, 11) is 0. The minimum absolute atomic E-state index is 0.129. The molecule has 0 bridgehead atoms. The van der Waals surface area contributed by atoms with E-state index in [1.165, 1.54) is 0 Å². The second-order valence-corrected chi connectivity index (χ2v) is 4.64. The first-order chi connectivity index (χ1) is 6.94. The molecule has 0 aliphatic carbocycles. The summed E-state index contributed by atoms with van der Waals surface area (Å²) in [5.74, 6) is -0.912. The third kappa shape index (κ3) is 1.90. The molecular formula is C10H18O5. The standard InChI is InChI=1S/C10H18O5/c1-5(12)7-6(4-11)13-9-8(7)14-10(2,3)15-9/h5-9,11-12H,4H2,1-3H3/t5-,6-,7?,8-,9-/m1/s1. The van der Waals surface area contributed by atoms with Gasteiger partial charge in [0.15, 0.2) is 12.1 Å². The molecule has 5 atom stereocenters. The van der Waals surface area contributed by atoms with Crippen molar-refractivity contribution >= 4 is 0 Å². The van der Waals surface area contributed by atoms with Gasteiger partial charge >= 0.3 is 0 Å². The van der Waals surface area contributed by atoms with E-state index in [1.54, 1.807) is 6.92 Å². The second-order valence-electron chi connectivity index (χ2n) is 4.64. The molecule has 5 nitrogen and oxygen atoms in total. The van der Waals surface area contributed by atoms with Gasteiger partial charge in [-0.15, -0.1) is 0 Å². The van der Waals surface area contributed by atoms with Crippen LogP contribution in [0.5, 0.6) is 0 Å². The number of rotatable bonds is 2. The van der Waals surface area contributed by atoms with E-state index in [9.17, 15) is 5.11 Å². The van der Waals surface area contributed by atoms with Gasteiger partial charge in [-0.3, -0.25) is 0 Å². The smallest absolute Gasteiger partial charge is 0.188 e. The number of hydrogen-bond donors (Lipinski definition) is 2. The van der Waals surface area contributed by atoms with Gasteiger partial charge < -0.3 is 24.4 Å². The van der Waals surface area contributed by atoms with E-state index in [1.807, 2.05) is 13.8 Å². The summed E-state index contributed by atoms with van der Waals surface area (Å²) in [6, 6.07) is 0. The third-order valence-corrected chi connectivity index (χ3v) is 2.94. The van der Waals surface area contributed by atoms with Crippen LogP contribution in [0.1, 0.15) is 20.8 Å². The van der Waals surface area contributed by atoms with Crippen LogP contribution in [0.2, 0.25) is 0 Å². The van der Waals surface area contributed by atoms with E-state index in [0.29, 0.717) is 0 Å². The molecular weight excluding hydrogens is 200 g/mol. The monoisotopic (exact) mass is 218 g/mol. The molecule has 5 heteroatoms. The molecule has 0 radical (unpaired) electrons. The Morgan fingerprint density at radius 1 is 1.33 bits per heavy atom. The normalized spacial score (nSPS) is 45.4. The highest BCUT2D eigenvalue weighted by Gasteiger charge is 2.55. The predicted octanol–water partition coefficient (Wildman–Crippen LogP) is -0.148. The highest BCUT2D eigenvalue weighted by molar-refractivity contribution is 4.94.